The lowest BCUT2D eigenvalue weighted by Gasteiger charge is -1.96. The van der Waals surface area contributed by atoms with Gasteiger partial charge in [0.2, 0.25) is 0 Å². The van der Waals surface area contributed by atoms with E-state index in [9.17, 15) is 9.18 Å². The molecule has 2 nitrogen and oxygen atoms in total. The fourth-order valence-corrected chi connectivity index (χ4v) is 1.50. The van der Waals surface area contributed by atoms with Gasteiger partial charge in [-0.3, -0.25) is 4.79 Å². The van der Waals surface area contributed by atoms with Crippen molar-refractivity contribution in [3.8, 4) is 11.1 Å². The van der Waals surface area contributed by atoms with Gasteiger partial charge in [-0.05, 0) is 23.8 Å². The van der Waals surface area contributed by atoms with Crippen LogP contribution in [0.3, 0.4) is 0 Å². The van der Waals surface area contributed by atoms with Crippen LogP contribution < -0.4 is 0 Å². The van der Waals surface area contributed by atoms with Gasteiger partial charge in [0.05, 0.1) is 5.69 Å². The molecule has 1 aromatic carbocycles. The average molecular weight is 203 g/mol. The molecule has 15 heavy (non-hydrogen) atoms. The molecule has 0 radical (unpaired) electrons. The number of carbonyl (C=O) groups excluding carboxylic acids is 1. The molecule has 0 saturated carbocycles. The summed E-state index contributed by atoms with van der Waals surface area (Å²) < 4.78 is 14.4. The lowest BCUT2D eigenvalue weighted by molar-refractivity contribution is 0.111. The van der Waals surface area contributed by atoms with Crippen LogP contribution in [0.1, 0.15) is 10.5 Å². The molecule has 1 heterocycles. The minimum absolute atomic E-state index is 0.259. The highest BCUT2D eigenvalue weighted by Crippen LogP contribution is 2.21. The predicted molar refractivity (Wildman–Crippen MR) is 56.2 cm³/mol. The summed E-state index contributed by atoms with van der Waals surface area (Å²) in [4.78, 5) is 10.6. The number of hydrogen-bond acceptors (Lipinski definition) is 1. The highest BCUT2D eigenvalue weighted by atomic mass is 19.1. The molecule has 0 saturated heterocycles. The summed E-state index contributed by atoms with van der Waals surface area (Å²) in [7, 11) is 1.80. The van der Waals surface area contributed by atoms with Gasteiger partial charge in [-0.1, -0.05) is 12.1 Å². The van der Waals surface area contributed by atoms with Gasteiger partial charge < -0.3 is 4.57 Å². The Bertz CT molecular complexity index is 485. The standard InChI is InChI=1S/C12H10FNO/c1-14-7-10(6-12(14)8-15)9-2-4-11(13)5-3-9/h2-8H,1H3. The van der Waals surface area contributed by atoms with Gasteiger partial charge >= 0.3 is 0 Å². The van der Waals surface area contributed by atoms with E-state index in [4.69, 9.17) is 0 Å². The second-order valence-electron chi connectivity index (χ2n) is 3.39. The Hall–Kier alpha value is -1.90. The summed E-state index contributed by atoms with van der Waals surface area (Å²) in [6.45, 7) is 0. The smallest absolute Gasteiger partial charge is 0.166 e. The third-order valence-electron chi connectivity index (χ3n) is 2.34. The number of carbonyl (C=O) groups is 1. The topological polar surface area (TPSA) is 22.0 Å². The maximum atomic E-state index is 12.7. The number of aldehydes is 1. The number of aryl methyl sites for hydroxylation is 1. The Morgan fingerprint density at radius 1 is 1.20 bits per heavy atom. The van der Waals surface area contributed by atoms with Crippen molar-refractivity contribution >= 4 is 6.29 Å². The van der Waals surface area contributed by atoms with Crippen LogP contribution >= 0.6 is 0 Å². The molecule has 0 unspecified atom stereocenters. The molecular weight excluding hydrogens is 193 g/mol. The summed E-state index contributed by atoms with van der Waals surface area (Å²) in [5.74, 6) is -0.259. The number of hydrogen-bond donors (Lipinski definition) is 0. The molecule has 2 aromatic rings. The fourth-order valence-electron chi connectivity index (χ4n) is 1.50. The molecule has 0 aliphatic heterocycles. The molecule has 0 atom stereocenters. The Labute approximate surface area is 87.0 Å². The first-order valence-corrected chi connectivity index (χ1v) is 4.58. The summed E-state index contributed by atoms with van der Waals surface area (Å²) in [6, 6.07) is 7.98. The predicted octanol–water partition coefficient (Wildman–Crippen LogP) is 2.64. The lowest BCUT2D eigenvalue weighted by Crippen LogP contribution is -1.90. The van der Waals surface area contributed by atoms with E-state index in [0.717, 1.165) is 17.4 Å². The molecule has 2 rings (SSSR count). The van der Waals surface area contributed by atoms with Crippen LogP contribution in [0.2, 0.25) is 0 Å². The van der Waals surface area contributed by atoms with Crippen molar-refractivity contribution in [3.05, 3.63) is 48.0 Å². The second-order valence-corrected chi connectivity index (χ2v) is 3.39. The summed E-state index contributed by atoms with van der Waals surface area (Å²) in [5, 5.41) is 0. The van der Waals surface area contributed by atoms with Crippen molar-refractivity contribution in [1.82, 2.24) is 4.57 Å². The Balaban J connectivity index is 2.45. The maximum absolute atomic E-state index is 12.7. The van der Waals surface area contributed by atoms with Crippen LogP contribution in [0.5, 0.6) is 0 Å². The summed E-state index contributed by atoms with van der Waals surface area (Å²) >= 11 is 0. The number of aromatic nitrogens is 1. The highest BCUT2D eigenvalue weighted by molar-refractivity contribution is 5.77. The van der Waals surface area contributed by atoms with E-state index in [2.05, 4.69) is 0 Å². The van der Waals surface area contributed by atoms with Crippen molar-refractivity contribution in [2.24, 2.45) is 7.05 Å². The zero-order valence-corrected chi connectivity index (χ0v) is 8.27. The molecule has 0 amide bonds. The Morgan fingerprint density at radius 3 is 2.40 bits per heavy atom. The van der Waals surface area contributed by atoms with Crippen LogP contribution in [-0.2, 0) is 7.05 Å². The highest BCUT2D eigenvalue weighted by Gasteiger charge is 2.04. The van der Waals surface area contributed by atoms with Crippen molar-refractivity contribution in [2.45, 2.75) is 0 Å². The first-order valence-electron chi connectivity index (χ1n) is 4.58. The fraction of sp³-hybridized carbons (Fsp3) is 0.0833. The molecule has 76 valence electrons. The van der Waals surface area contributed by atoms with Gasteiger partial charge in [-0.2, -0.15) is 0 Å². The van der Waals surface area contributed by atoms with Gasteiger partial charge in [0.1, 0.15) is 5.82 Å². The van der Waals surface area contributed by atoms with Gasteiger partial charge in [-0.15, -0.1) is 0 Å². The molecule has 0 bridgehead atoms. The van der Waals surface area contributed by atoms with E-state index in [-0.39, 0.29) is 5.82 Å². The van der Waals surface area contributed by atoms with Gasteiger partial charge in [-0.25, -0.2) is 4.39 Å². The monoisotopic (exact) mass is 203 g/mol. The molecule has 0 fully saturated rings. The third-order valence-corrected chi connectivity index (χ3v) is 2.34. The van der Waals surface area contributed by atoms with E-state index in [1.165, 1.54) is 12.1 Å². The molecule has 0 aliphatic rings. The molecule has 3 heteroatoms. The third kappa shape index (κ3) is 1.81. The zero-order chi connectivity index (χ0) is 10.8. The maximum Gasteiger partial charge on any atom is 0.166 e. The van der Waals surface area contributed by atoms with Gasteiger partial charge in [0.15, 0.2) is 6.29 Å². The van der Waals surface area contributed by atoms with Crippen molar-refractivity contribution in [2.75, 3.05) is 0 Å². The summed E-state index contributed by atoms with van der Waals surface area (Å²) in [5.41, 5.74) is 2.43. The number of rotatable bonds is 2. The number of nitrogens with zero attached hydrogens (tertiary/aromatic N) is 1. The quantitative estimate of drug-likeness (QED) is 0.688. The van der Waals surface area contributed by atoms with Crippen LogP contribution in [0.4, 0.5) is 4.39 Å². The van der Waals surface area contributed by atoms with E-state index in [1.807, 2.05) is 6.20 Å². The lowest BCUT2D eigenvalue weighted by atomic mass is 10.1. The van der Waals surface area contributed by atoms with E-state index in [1.54, 1.807) is 29.8 Å². The van der Waals surface area contributed by atoms with Crippen LogP contribution in [0.15, 0.2) is 36.5 Å². The largest absolute Gasteiger partial charge is 0.348 e. The molecule has 0 aliphatic carbocycles. The van der Waals surface area contributed by atoms with Crippen molar-refractivity contribution in [3.63, 3.8) is 0 Å². The van der Waals surface area contributed by atoms with Crippen molar-refractivity contribution in [1.29, 1.82) is 0 Å². The van der Waals surface area contributed by atoms with Gasteiger partial charge in [0.25, 0.3) is 0 Å². The average Bonchev–Trinajstić information content (AvgIpc) is 2.61. The Morgan fingerprint density at radius 2 is 1.87 bits per heavy atom. The second kappa shape index (κ2) is 3.69. The normalized spacial score (nSPS) is 10.3. The Kier molecular flexibility index (Phi) is 2.37. The first-order chi connectivity index (χ1) is 7.20. The first kappa shape index (κ1) is 9.65. The van der Waals surface area contributed by atoms with E-state index >= 15 is 0 Å². The molecular formula is C12H10FNO. The van der Waals surface area contributed by atoms with Crippen LogP contribution in [0, 0.1) is 5.82 Å². The molecule has 0 N–H and O–H groups in total. The number of halogens is 1. The zero-order valence-electron chi connectivity index (χ0n) is 8.27. The van der Waals surface area contributed by atoms with Crippen LogP contribution in [0.25, 0.3) is 11.1 Å². The SMILES string of the molecule is Cn1cc(-c2ccc(F)cc2)cc1C=O. The summed E-state index contributed by atoms with van der Waals surface area (Å²) in [6.07, 6.45) is 2.64. The van der Waals surface area contributed by atoms with Crippen molar-refractivity contribution < 1.29 is 9.18 Å². The number of benzene rings is 1. The van der Waals surface area contributed by atoms with Gasteiger partial charge in [0, 0.05) is 18.8 Å². The van der Waals surface area contributed by atoms with E-state index < -0.39 is 0 Å². The van der Waals surface area contributed by atoms with E-state index in [0.29, 0.717) is 5.69 Å². The van der Waals surface area contributed by atoms with Crippen LogP contribution in [-0.4, -0.2) is 10.9 Å². The minimum Gasteiger partial charge on any atom is -0.348 e. The molecule has 1 aromatic heterocycles. The minimum atomic E-state index is -0.259. The molecule has 0 spiro atoms.